The van der Waals surface area contributed by atoms with E-state index in [1.54, 1.807) is 45.0 Å². The van der Waals surface area contributed by atoms with Crippen LogP contribution in [0.15, 0.2) is 24.3 Å². The van der Waals surface area contributed by atoms with Crippen LogP contribution in [0.4, 0.5) is 5.69 Å². The average molecular weight is 781 g/mol. The molecule has 11 nitrogen and oxygen atoms in total. The summed E-state index contributed by atoms with van der Waals surface area (Å²) < 4.78 is 6.16. The van der Waals surface area contributed by atoms with Gasteiger partial charge in [0, 0.05) is 25.2 Å². The van der Waals surface area contributed by atoms with Gasteiger partial charge in [0.25, 0.3) is 0 Å². The molecule has 266 valence electrons. The lowest BCUT2D eigenvalue weighted by Crippen LogP contribution is -2.58. The normalized spacial score (nSPS) is 18.1. The van der Waals surface area contributed by atoms with E-state index in [1.165, 1.54) is 4.90 Å². The fourth-order valence-corrected chi connectivity index (χ4v) is 6.19. The maximum atomic E-state index is 13.5. The molecule has 12 heteroatoms. The predicted molar refractivity (Wildman–Crippen MR) is 192 cm³/mol. The van der Waals surface area contributed by atoms with Gasteiger partial charge in [-0.2, -0.15) is 0 Å². The summed E-state index contributed by atoms with van der Waals surface area (Å²) in [6.07, 6.45) is 5.00. The maximum absolute atomic E-state index is 13.5. The van der Waals surface area contributed by atoms with Crippen LogP contribution in [0.1, 0.15) is 105 Å². The lowest BCUT2D eigenvalue weighted by Gasteiger charge is -2.39. The highest BCUT2D eigenvalue weighted by atomic mass is 127. The summed E-state index contributed by atoms with van der Waals surface area (Å²) in [7, 11) is 0. The lowest BCUT2D eigenvalue weighted by molar-refractivity contribution is -0.154. The van der Waals surface area contributed by atoms with Crippen molar-refractivity contribution in [1.29, 1.82) is 0 Å². The number of nitrogens with one attached hydrogen (secondary N) is 3. The Morgan fingerprint density at radius 1 is 0.958 bits per heavy atom. The van der Waals surface area contributed by atoms with Crippen LogP contribution < -0.4 is 16.0 Å². The molecule has 2 aliphatic rings. The Morgan fingerprint density at radius 2 is 1.62 bits per heavy atom. The zero-order valence-electron chi connectivity index (χ0n) is 29.3. The van der Waals surface area contributed by atoms with Crippen molar-refractivity contribution in [2.75, 3.05) is 22.8 Å². The molecule has 1 aliphatic carbocycles. The molecular weight excluding hydrogens is 727 g/mol. The minimum Gasteiger partial charge on any atom is -0.460 e. The number of hydrogen-bond acceptors (Lipinski definition) is 7. The molecule has 2 fully saturated rings. The average Bonchev–Trinajstić information content (AvgIpc) is 3.28. The SMILES string of the molecule is CC(C)(C)C(=O)OCc1ccc(NC(=O)[C@H](CCCI)NC(=O)C2(C(=O)NCCCCCN3C(=O)CC(C(C)(C)C)C3=O)CCC2)cc1. The van der Waals surface area contributed by atoms with Crippen LogP contribution in [0.2, 0.25) is 0 Å². The number of esters is 1. The number of carbonyl (C=O) groups is 6. The highest BCUT2D eigenvalue weighted by molar-refractivity contribution is 14.1. The Balaban J connectivity index is 1.48. The smallest absolute Gasteiger partial charge is 0.311 e. The summed E-state index contributed by atoms with van der Waals surface area (Å²) in [6, 6.07) is 6.18. The zero-order valence-corrected chi connectivity index (χ0v) is 31.5. The van der Waals surface area contributed by atoms with Gasteiger partial charge in [-0.15, -0.1) is 0 Å². The summed E-state index contributed by atoms with van der Waals surface area (Å²) in [5, 5.41) is 8.66. The lowest BCUT2D eigenvalue weighted by atomic mass is 9.67. The molecule has 3 N–H and O–H groups in total. The fourth-order valence-electron chi connectivity index (χ4n) is 5.75. The number of anilines is 1. The van der Waals surface area contributed by atoms with E-state index in [0.29, 0.717) is 57.3 Å². The van der Waals surface area contributed by atoms with Gasteiger partial charge in [-0.25, -0.2) is 0 Å². The molecule has 1 aromatic rings. The Bertz CT molecular complexity index is 1330. The standard InChI is InChI=1S/C36H53IN4O7/c1-34(2,3)26-22-28(42)41(30(26)44)21-9-7-8-20-38-31(45)36(17-11-18-36)32(46)40-27(12-10-19-37)29(43)39-25-15-13-24(14-16-25)23-48-33(47)35(4,5)6/h13-16,26-27H,7-12,17-23H2,1-6H3,(H,38,45)(H,39,43)(H,40,46)/t26?,27-/m0/s1. The van der Waals surface area contributed by atoms with E-state index in [-0.39, 0.29) is 54.0 Å². The number of halogens is 1. The van der Waals surface area contributed by atoms with E-state index in [1.807, 2.05) is 20.8 Å². The molecule has 1 aliphatic heterocycles. The third kappa shape index (κ3) is 10.5. The Labute approximate surface area is 298 Å². The van der Waals surface area contributed by atoms with Crippen LogP contribution in [-0.2, 0) is 40.1 Å². The molecule has 0 spiro atoms. The van der Waals surface area contributed by atoms with E-state index >= 15 is 0 Å². The molecule has 1 saturated heterocycles. The Kier molecular flexibility index (Phi) is 14.0. The highest BCUT2D eigenvalue weighted by Gasteiger charge is 2.51. The Hall–Kier alpha value is -3.03. The van der Waals surface area contributed by atoms with Crippen LogP contribution >= 0.6 is 22.6 Å². The van der Waals surface area contributed by atoms with Crippen molar-refractivity contribution in [2.45, 2.75) is 112 Å². The van der Waals surface area contributed by atoms with E-state index < -0.39 is 22.8 Å². The first-order chi connectivity index (χ1) is 22.5. The molecule has 0 bridgehead atoms. The largest absolute Gasteiger partial charge is 0.460 e. The van der Waals surface area contributed by atoms with Crippen molar-refractivity contribution in [1.82, 2.24) is 15.5 Å². The second-order valence-electron chi connectivity index (χ2n) is 15.1. The van der Waals surface area contributed by atoms with Gasteiger partial charge in [-0.05, 0) is 93.3 Å². The molecule has 1 unspecified atom stereocenters. The second kappa shape index (κ2) is 17.1. The minimum absolute atomic E-state index is 0.0990. The van der Waals surface area contributed by atoms with Crippen LogP contribution in [0, 0.1) is 22.2 Å². The van der Waals surface area contributed by atoms with Crippen LogP contribution in [0.5, 0.6) is 0 Å². The third-order valence-corrected chi connectivity index (χ3v) is 9.92. The summed E-state index contributed by atoms with van der Waals surface area (Å²) in [4.78, 5) is 78.6. The van der Waals surface area contributed by atoms with E-state index in [0.717, 1.165) is 22.8 Å². The number of hydrogen-bond donors (Lipinski definition) is 3. The van der Waals surface area contributed by atoms with Gasteiger partial charge in [0.05, 0.1) is 11.3 Å². The van der Waals surface area contributed by atoms with Crippen molar-refractivity contribution in [3.05, 3.63) is 29.8 Å². The van der Waals surface area contributed by atoms with Crippen molar-refractivity contribution < 1.29 is 33.5 Å². The quantitative estimate of drug-likeness (QED) is 0.0515. The molecule has 3 rings (SSSR count). The van der Waals surface area contributed by atoms with E-state index in [4.69, 9.17) is 4.74 Å². The first-order valence-corrected chi connectivity index (χ1v) is 18.6. The second-order valence-corrected chi connectivity index (χ2v) is 16.2. The van der Waals surface area contributed by atoms with Gasteiger partial charge in [0.15, 0.2) is 0 Å². The number of unbranched alkanes of at least 4 members (excludes halogenated alkanes) is 2. The summed E-state index contributed by atoms with van der Waals surface area (Å²) in [5.41, 5.74) is -0.729. The van der Waals surface area contributed by atoms with Crippen molar-refractivity contribution in [2.24, 2.45) is 22.2 Å². The molecule has 1 aromatic carbocycles. The van der Waals surface area contributed by atoms with Crippen LogP contribution in [-0.4, -0.2) is 64.0 Å². The first-order valence-electron chi connectivity index (χ1n) is 17.1. The topological polar surface area (TPSA) is 151 Å². The number of benzene rings is 1. The minimum atomic E-state index is -1.20. The molecule has 48 heavy (non-hydrogen) atoms. The van der Waals surface area contributed by atoms with Crippen molar-refractivity contribution in [3.8, 4) is 0 Å². The number of ether oxygens (including phenoxy) is 1. The Morgan fingerprint density at radius 3 is 2.17 bits per heavy atom. The summed E-state index contributed by atoms with van der Waals surface area (Å²) >= 11 is 2.23. The van der Waals surface area contributed by atoms with Gasteiger partial charge in [-0.3, -0.25) is 33.7 Å². The number of carbonyl (C=O) groups excluding carboxylic acids is 6. The third-order valence-electron chi connectivity index (χ3n) is 9.16. The molecule has 0 radical (unpaired) electrons. The van der Waals surface area contributed by atoms with Crippen LogP contribution in [0.3, 0.4) is 0 Å². The number of likely N-dealkylation sites (tertiary alicyclic amines) is 1. The van der Waals surface area contributed by atoms with Gasteiger partial charge < -0.3 is 20.7 Å². The highest BCUT2D eigenvalue weighted by Crippen LogP contribution is 2.41. The van der Waals surface area contributed by atoms with Crippen LogP contribution in [0.25, 0.3) is 0 Å². The molecule has 1 saturated carbocycles. The first kappa shape index (κ1) is 39.4. The van der Waals surface area contributed by atoms with Crippen molar-refractivity contribution in [3.63, 3.8) is 0 Å². The maximum Gasteiger partial charge on any atom is 0.311 e. The predicted octanol–water partition coefficient (Wildman–Crippen LogP) is 5.29. The molecular formula is C36H53IN4O7. The fraction of sp³-hybridized carbons (Fsp3) is 0.667. The van der Waals surface area contributed by atoms with Gasteiger partial charge in [0.2, 0.25) is 29.5 Å². The number of amides is 5. The number of alkyl halides is 1. The monoisotopic (exact) mass is 780 g/mol. The number of rotatable bonds is 16. The molecule has 2 atom stereocenters. The molecule has 5 amide bonds. The van der Waals surface area contributed by atoms with E-state index in [2.05, 4.69) is 38.5 Å². The zero-order chi connectivity index (χ0) is 35.7. The molecule has 1 heterocycles. The van der Waals surface area contributed by atoms with Crippen molar-refractivity contribution >= 4 is 63.8 Å². The summed E-state index contributed by atoms with van der Waals surface area (Å²) in [6.45, 7) is 12.2. The van der Waals surface area contributed by atoms with Gasteiger partial charge >= 0.3 is 5.97 Å². The van der Waals surface area contributed by atoms with Gasteiger partial charge in [0.1, 0.15) is 18.1 Å². The van der Waals surface area contributed by atoms with Gasteiger partial charge in [-0.1, -0.05) is 61.9 Å². The summed E-state index contributed by atoms with van der Waals surface area (Å²) in [5.74, 6) is -1.94. The molecule has 0 aromatic heterocycles. The van der Waals surface area contributed by atoms with E-state index in [9.17, 15) is 28.8 Å². The number of nitrogens with zero attached hydrogens (tertiary/aromatic N) is 1. The number of imide groups is 1.